The van der Waals surface area contributed by atoms with Gasteiger partial charge in [0.1, 0.15) is 5.75 Å². The van der Waals surface area contributed by atoms with Gasteiger partial charge in [0, 0.05) is 37.1 Å². The maximum atomic E-state index is 12.6. The van der Waals surface area contributed by atoms with Gasteiger partial charge in [0.2, 0.25) is 0 Å². The Balaban J connectivity index is 1.40. The summed E-state index contributed by atoms with van der Waals surface area (Å²) in [5, 5.41) is 3.04. The molecule has 0 aliphatic heterocycles. The summed E-state index contributed by atoms with van der Waals surface area (Å²) in [6.07, 6.45) is 9.26. The van der Waals surface area contributed by atoms with E-state index in [0.29, 0.717) is 12.1 Å². The molecule has 38 heavy (non-hydrogen) atoms. The minimum atomic E-state index is -0.0632. The molecule has 2 aromatic carbocycles. The second kappa shape index (κ2) is 15.6. The second-order valence-corrected chi connectivity index (χ2v) is 9.68. The van der Waals surface area contributed by atoms with Crippen molar-refractivity contribution in [3.63, 3.8) is 0 Å². The summed E-state index contributed by atoms with van der Waals surface area (Å²) in [5.74, 6) is 0.855. The molecule has 0 saturated heterocycles. The van der Waals surface area contributed by atoms with E-state index in [1.54, 1.807) is 0 Å². The van der Waals surface area contributed by atoms with Crippen molar-refractivity contribution in [2.75, 3.05) is 31.0 Å². The van der Waals surface area contributed by atoms with Crippen molar-refractivity contribution in [1.82, 2.24) is 10.2 Å². The van der Waals surface area contributed by atoms with Crippen LogP contribution >= 0.6 is 11.9 Å². The lowest BCUT2D eigenvalue weighted by Gasteiger charge is -2.20. The van der Waals surface area contributed by atoms with Crippen LogP contribution in [0.1, 0.15) is 42.6 Å². The number of rotatable bonds is 15. The number of ether oxygens (including phenoxy) is 1. The first-order valence-electron chi connectivity index (χ1n) is 13.1. The van der Waals surface area contributed by atoms with Crippen LogP contribution in [0.2, 0.25) is 0 Å². The van der Waals surface area contributed by atoms with E-state index in [1.165, 1.54) is 23.7 Å². The van der Waals surface area contributed by atoms with Gasteiger partial charge in [-0.1, -0.05) is 51.3 Å². The zero-order valence-electron chi connectivity index (χ0n) is 22.4. The molecule has 0 fully saturated rings. The quantitative estimate of drug-likeness (QED) is 0.196. The summed E-state index contributed by atoms with van der Waals surface area (Å²) in [4.78, 5) is 20.3. The van der Waals surface area contributed by atoms with Crippen LogP contribution in [0.15, 0.2) is 102 Å². The average Bonchev–Trinajstić information content (AvgIpc) is 2.94. The van der Waals surface area contributed by atoms with Gasteiger partial charge in [0.05, 0.1) is 17.2 Å². The molecule has 0 heterocycles. The summed E-state index contributed by atoms with van der Waals surface area (Å²) in [7, 11) is 0. The third-order valence-electron chi connectivity index (χ3n) is 5.92. The van der Waals surface area contributed by atoms with Crippen molar-refractivity contribution < 1.29 is 9.53 Å². The molecule has 1 aliphatic carbocycles. The van der Waals surface area contributed by atoms with E-state index in [1.807, 2.05) is 54.6 Å². The Labute approximate surface area is 231 Å². The number of allylic oxidation sites excluding steroid dienone is 5. The zero-order valence-corrected chi connectivity index (χ0v) is 23.2. The van der Waals surface area contributed by atoms with E-state index in [-0.39, 0.29) is 5.91 Å². The number of amides is 1. The van der Waals surface area contributed by atoms with Crippen molar-refractivity contribution in [1.29, 1.82) is 0 Å². The van der Waals surface area contributed by atoms with E-state index < -0.39 is 0 Å². The van der Waals surface area contributed by atoms with Gasteiger partial charge in [-0.05, 0) is 84.9 Å². The number of nitrogens with one attached hydrogen (secondary N) is 2. The molecule has 7 heteroatoms. The number of benzene rings is 2. The Hall–Kier alpha value is -3.55. The predicted octanol–water partition coefficient (Wildman–Crippen LogP) is 6.77. The molecule has 2 N–H and O–H groups in total. The third-order valence-corrected chi connectivity index (χ3v) is 6.80. The van der Waals surface area contributed by atoms with Gasteiger partial charge in [-0.15, -0.1) is 0 Å². The molecule has 2 aromatic rings. The van der Waals surface area contributed by atoms with E-state index in [2.05, 4.69) is 59.1 Å². The lowest BCUT2D eigenvalue weighted by atomic mass is 10.1. The second-order valence-electron chi connectivity index (χ2n) is 8.83. The van der Waals surface area contributed by atoms with E-state index in [4.69, 9.17) is 4.74 Å². The highest BCUT2D eigenvalue weighted by molar-refractivity contribution is 8.05. The van der Waals surface area contributed by atoms with E-state index in [9.17, 15) is 4.79 Å². The topological polar surface area (TPSA) is 66.0 Å². The van der Waals surface area contributed by atoms with E-state index in [0.717, 1.165) is 66.7 Å². The molecule has 1 aliphatic rings. The van der Waals surface area contributed by atoms with Crippen molar-refractivity contribution in [2.24, 2.45) is 4.99 Å². The molecular weight excluding hydrogens is 492 g/mol. The van der Waals surface area contributed by atoms with Crippen LogP contribution < -0.4 is 14.8 Å². The van der Waals surface area contributed by atoms with Crippen LogP contribution in [0.25, 0.3) is 0 Å². The molecule has 1 amide bonds. The molecule has 3 rings (SSSR count). The smallest absolute Gasteiger partial charge is 0.251 e. The first kappa shape index (κ1) is 29.0. The third kappa shape index (κ3) is 9.08. The van der Waals surface area contributed by atoms with Gasteiger partial charge >= 0.3 is 0 Å². The molecule has 6 nitrogen and oxygen atoms in total. The Bertz CT molecular complexity index is 1170. The van der Waals surface area contributed by atoms with Crippen LogP contribution in [0.5, 0.6) is 5.75 Å². The lowest BCUT2D eigenvalue weighted by molar-refractivity contribution is 0.0951. The van der Waals surface area contributed by atoms with Gasteiger partial charge in [0.15, 0.2) is 0 Å². The van der Waals surface area contributed by atoms with Crippen molar-refractivity contribution in [3.05, 3.63) is 108 Å². The number of aliphatic imine (C=N–C) groups is 1. The molecule has 0 bridgehead atoms. The SMILES string of the molecule is C=CN=C1C(=C)C=CC=C1SNc1ccc(C(=O)NCCCN(CC)Cc2ccc(OCCC)cc2)cc1. The summed E-state index contributed by atoms with van der Waals surface area (Å²) in [6, 6.07) is 15.8. The monoisotopic (exact) mass is 530 g/mol. The molecule has 0 radical (unpaired) electrons. The van der Waals surface area contributed by atoms with Gasteiger partial charge in [-0.25, -0.2) is 0 Å². The highest BCUT2D eigenvalue weighted by Crippen LogP contribution is 2.27. The number of carbonyl (C=O) groups excluding carboxylic acids is 1. The Morgan fingerprint density at radius 1 is 1.13 bits per heavy atom. The number of anilines is 1. The molecule has 0 unspecified atom stereocenters. The molecule has 0 saturated carbocycles. The maximum Gasteiger partial charge on any atom is 0.251 e. The van der Waals surface area contributed by atoms with E-state index >= 15 is 0 Å². The highest BCUT2D eigenvalue weighted by Gasteiger charge is 2.13. The average molecular weight is 531 g/mol. The maximum absolute atomic E-state index is 12.6. The summed E-state index contributed by atoms with van der Waals surface area (Å²) in [5.41, 5.74) is 4.44. The van der Waals surface area contributed by atoms with Crippen LogP contribution in [-0.2, 0) is 6.54 Å². The van der Waals surface area contributed by atoms with Gasteiger partial charge in [-0.2, -0.15) is 0 Å². The van der Waals surface area contributed by atoms with Crippen LogP contribution in [0.4, 0.5) is 5.69 Å². The minimum absolute atomic E-state index is 0.0632. The molecule has 200 valence electrons. The van der Waals surface area contributed by atoms with Crippen LogP contribution in [0, 0.1) is 0 Å². The fourth-order valence-corrected chi connectivity index (χ4v) is 4.61. The Kier molecular flexibility index (Phi) is 11.9. The number of nitrogens with zero attached hydrogens (tertiary/aromatic N) is 2. The Morgan fingerprint density at radius 3 is 2.58 bits per heavy atom. The lowest BCUT2D eigenvalue weighted by Crippen LogP contribution is -2.29. The first-order chi connectivity index (χ1) is 18.5. The molecular formula is C31H38N4O2S. The van der Waals surface area contributed by atoms with Crippen LogP contribution in [-0.4, -0.2) is 42.8 Å². The largest absolute Gasteiger partial charge is 0.494 e. The molecule has 0 spiro atoms. The minimum Gasteiger partial charge on any atom is -0.494 e. The molecule has 0 atom stereocenters. The van der Waals surface area contributed by atoms with Crippen molar-refractivity contribution in [2.45, 2.75) is 33.2 Å². The number of carbonyl (C=O) groups is 1. The highest BCUT2D eigenvalue weighted by atomic mass is 32.2. The number of hydrogen-bond donors (Lipinski definition) is 2. The summed E-state index contributed by atoms with van der Waals surface area (Å²) < 4.78 is 8.97. The standard InChI is InChI=1S/C31H38N4O2S/c1-5-22-37-28-18-12-25(13-19-28)23-35(7-3)21-9-20-33-31(36)26-14-16-27(17-15-26)34-38-29-11-8-10-24(4)30(29)32-6-2/h6,8,10-19,34H,2,4-5,7,9,20-23H2,1,3H3,(H,33,36). The Morgan fingerprint density at radius 2 is 1.89 bits per heavy atom. The van der Waals surface area contributed by atoms with Crippen molar-refractivity contribution in [3.8, 4) is 5.75 Å². The van der Waals surface area contributed by atoms with Gasteiger partial charge in [-0.3, -0.25) is 14.7 Å². The van der Waals surface area contributed by atoms with Crippen LogP contribution in [0.3, 0.4) is 0 Å². The number of hydrogen-bond acceptors (Lipinski definition) is 6. The predicted molar refractivity (Wildman–Crippen MR) is 162 cm³/mol. The van der Waals surface area contributed by atoms with Crippen molar-refractivity contribution >= 4 is 29.3 Å². The normalized spacial score (nSPS) is 13.9. The molecule has 0 aromatic heterocycles. The fourth-order valence-electron chi connectivity index (χ4n) is 3.82. The summed E-state index contributed by atoms with van der Waals surface area (Å²) in [6.45, 7) is 16.1. The fraction of sp³-hybridized carbons (Fsp3) is 0.290. The zero-order chi connectivity index (χ0) is 27.2. The summed E-state index contributed by atoms with van der Waals surface area (Å²) >= 11 is 1.45. The first-order valence-corrected chi connectivity index (χ1v) is 13.9. The van der Waals surface area contributed by atoms with Gasteiger partial charge < -0.3 is 14.8 Å². The van der Waals surface area contributed by atoms with Gasteiger partial charge in [0.25, 0.3) is 5.91 Å².